The zero-order chi connectivity index (χ0) is 14.7. The first-order valence-corrected chi connectivity index (χ1v) is 7.80. The molecule has 1 aliphatic heterocycles. The van der Waals surface area contributed by atoms with Crippen LogP contribution >= 0.6 is 11.6 Å². The molecule has 21 heavy (non-hydrogen) atoms. The van der Waals surface area contributed by atoms with Crippen LogP contribution in [0.2, 0.25) is 0 Å². The molecule has 4 nitrogen and oxygen atoms in total. The average Bonchev–Trinajstić information content (AvgIpc) is 3.05. The van der Waals surface area contributed by atoms with Crippen molar-refractivity contribution in [2.24, 2.45) is 0 Å². The van der Waals surface area contributed by atoms with E-state index in [2.05, 4.69) is 5.10 Å². The van der Waals surface area contributed by atoms with E-state index < -0.39 is 0 Å². The molecule has 0 spiro atoms. The molecular weight excluding hydrogens is 286 g/mol. The quantitative estimate of drug-likeness (QED) is 0.817. The first-order valence-electron chi connectivity index (χ1n) is 7.26. The summed E-state index contributed by atoms with van der Waals surface area (Å²) in [5.41, 5.74) is 1.57. The van der Waals surface area contributed by atoms with Crippen molar-refractivity contribution in [3.05, 3.63) is 48.3 Å². The number of carbonyl (C=O) groups is 1. The number of carbonyl (C=O) groups excluding carboxylic acids is 1. The minimum Gasteiger partial charge on any atom is -0.334 e. The van der Waals surface area contributed by atoms with E-state index in [0.717, 1.165) is 31.5 Å². The summed E-state index contributed by atoms with van der Waals surface area (Å²) < 4.78 is 1.73. The number of likely N-dealkylation sites (tertiary alicyclic amines) is 1. The number of hydrogen-bond donors (Lipinski definition) is 0. The van der Waals surface area contributed by atoms with Crippen molar-refractivity contribution in [3.63, 3.8) is 0 Å². The molecule has 1 aromatic heterocycles. The molecule has 1 atom stereocenters. The van der Waals surface area contributed by atoms with Gasteiger partial charge in [-0.1, -0.05) is 18.2 Å². The van der Waals surface area contributed by atoms with Crippen molar-refractivity contribution < 1.29 is 4.79 Å². The fraction of sp³-hybridized carbons (Fsp3) is 0.375. The summed E-state index contributed by atoms with van der Waals surface area (Å²) >= 11 is 5.99. The van der Waals surface area contributed by atoms with E-state index in [1.807, 2.05) is 35.2 Å². The molecule has 0 N–H and O–H groups in total. The van der Waals surface area contributed by atoms with E-state index in [9.17, 15) is 4.79 Å². The maximum atomic E-state index is 12.6. The van der Waals surface area contributed by atoms with Crippen LogP contribution in [0.4, 0.5) is 0 Å². The van der Waals surface area contributed by atoms with Gasteiger partial charge in [0, 0.05) is 24.7 Å². The maximum Gasteiger partial charge on any atom is 0.257 e. The summed E-state index contributed by atoms with van der Waals surface area (Å²) in [6.45, 7) is 0.784. The van der Waals surface area contributed by atoms with Crippen molar-refractivity contribution >= 4 is 17.5 Å². The Morgan fingerprint density at radius 2 is 2.10 bits per heavy atom. The average molecular weight is 304 g/mol. The summed E-state index contributed by atoms with van der Waals surface area (Å²) in [6.07, 6.45) is 6.60. The number of nitrogens with zero attached hydrogens (tertiary/aromatic N) is 3. The van der Waals surface area contributed by atoms with E-state index in [0.29, 0.717) is 11.4 Å². The Kier molecular flexibility index (Phi) is 4.25. The third-order valence-corrected chi connectivity index (χ3v) is 4.27. The summed E-state index contributed by atoms with van der Waals surface area (Å²) in [7, 11) is 0. The van der Waals surface area contributed by atoms with E-state index >= 15 is 0 Å². The lowest BCUT2D eigenvalue weighted by molar-refractivity contribution is 0.0639. The van der Waals surface area contributed by atoms with Gasteiger partial charge in [-0.05, 0) is 31.4 Å². The molecular formula is C16H18ClN3O. The van der Waals surface area contributed by atoms with Crippen molar-refractivity contribution in [2.75, 3.05) is 12.4 Å². The Morgan fingerprint density at radius 3 is 2.86 bits per heavy atom. The largest absolute Gasteiger partial charge is 0.334 e. The molecule has 2 aromatic rings. The molecule has 1 unspecified atom stereocenters. The smallest absolute Gasteiger partial charge is 0.257 e. The molecule has 0 bridgehead atoms. The SMILES string of the molecule is O=C(c1cnn(-c2ccccc2)c1)N1CCCCC1CCl. The van der Waals surface area contributed by atoms with E-state index in [1.165, 1.54) is 0 Å². The van der Waals surface area contributed by atoms with Crippen LogP contribution in [0, 0.1) is 0 Å². The molecule has 3 rings (SSSR count). The molecule has 0 saturated carbocycles. The van der Waals surface area contributed by atoms with Crippen molar-refractivity contribution in [1.29, 1.82) is 0 Å². The molecule has 1 fully saturated rings. The highest BCUT2D eigenvalue weighted by Crippen LogP contribution is 2.21. The van der Waals surface area contributed by atoms with Crippen molar-refractivity contribution in [3.8, 4) is 5.69 Å². The van der Waals surface area contributed by atoms with Gasteiger partial charge in [0.2, 0.25) is 0 Å². The second-order valence-electron chi connectivity index (χ2n) is 5.31. The Hall–Kier alpha value is -1.81. The third-order valence-electron chi connectivity index (χ3n) is 3.92. The van der Waals surface area contributed by atoms with E-state index in [1.54, 1.807) is 17.1 Å². The Bertz CT molecular complexity index is 611. The topological polar surface area (TPSA) is 38.1 Å². The summed E-state index contributed by atoms with van der Waals surface area (Å²) in [4.78, 5) is 14.5. The van der Waals surface area contributed by atoms with Gasteiger partial charge in [0.05, 0.1) is 17.4 Å². The number of halogens is 1. The predicted molar refractivity (Wildman–Crippen MR) is 83.0 cm³/mol. The lowest BCUT2D eigenvalue weighted by Crippen LogP contribution is -2.44. The van der Waals surface area contributed by atoms with Gasteiger partial charge in [-0.15, -0.1) is 11.6 Å². The number of hydrogen-bond acceptors (Lipinski definition) is 2. The second kappa shape index (κ2) is 6.31. The molecule has 110 valence electrons. The highest BCUT2D eigenvalue weighted by Gasteiger charge is 2.27. The molecule has 2 heterocycles. The molecule has 1 amide bonds. The number of rotatable bonds is 3. The number of para-hydroxylation sites is 1. The number of aromatic nitrogens is 2. The van der Waals surface area contributed by atoms with Gasteiger partial charge in [0.25, 0.3) is 5.91 Å². The summed E-state index contributed by atoms with van der Waals surface area (Å²) in [5.74, 6) is 0.529. The van der Waals surface area contributed by atoms with Crippen molar-refractivity contribution in [1.82, 2.24) is 14.7 Å². The van der Waals surface area contributed by atoms with E-state index in [-0.39, 0.29) is 11.9 Å². The lowest BCUT2D eigenvalue weighted by Gasteiger charge is -2.34. The maximum absolute atomic E-state index is 12.6. The lowest BCUT2D eigenvalue weighted by atomic mass is 10.0. The molecule has 0 radical (unpaired) electrons. The molecule has 0 aliphatic carbocycles. The highest BCUT2D eigenvalue weighted by molar-refractivity contribution is 6.18. The standard InChI is InChI=1S/C16H18ClN3O/c17-10-15-8-4-5-9-19(15)16(21)13-11-18-20(12-13)14-6-2-1-3-7-14/h1-3,6-7,11-12,15H,4-5,8-10H2. The first kappa shape index (κ1) is 14.1. The minimum atomic E-state index is 0.0301. The van der Waals surface area contributed by atoms with Crippen molar-refractivity contribution in [2.45, 2.75) is 25.3 Å². The molecule has 1 saturated heterocycles. The van der Waals surface area contributed by atoms with Crippen LogP contribution in [-0.2, 0) is 0 Å². The van der Waals surface area contributed by atoms with E-state index in [4.69, 9.17) is 11.6 Å². The number of piperidine rings is 1. The fourth-order valence-corrected chi connectivity index (χ4v) is 3.07. The van der Waals surface area contributed by atoms with Crippen LogP contribution in [-0.4, -0.2) is 39.1 Å². The van der Waals surface area contributed by atoms with Crippen LogP contribution in [0.3, 0.4) is 0 Å². The number of amides is 1. The van der Waals surface area contributed by atoms with Crippen LogP contribution in [0.1, 0.15) is 29.6 Å². The van der Waals surface area contributed by atoms with Gasteiger partial charge < -0.3 is 4.90 Å². The van der Waals surface area contributed by atoms with Crippen LogP contribution < -0.4 is 0 Å². The molecule has 1 aliphatic rings. The Morgan fingerprint density at radius 1 is 1.29 bits per heavy atom. The fourth-order valence-electron chi connectivity index (χ4n) is 2.75. The van der Waals surface area contributed by atoms with Gasteiger partial charge in [-0.2, -0.15) is 5.10 Å². The molecule has 1 aromatic carbocycles. The zero-order valence-electron chi connectivity index (χ0n) is 11.8. The van der Waals surface area contributed by atoms with Gasteiger partial charge >= 0.3 is 0 Å². The summed E-state index contributed by atoms with van der Waals surface area (Å²) in [6, 6.07) is 9.93. The first-order chi connectivity index (χ1) is 10.3. The van der Waals surface area contributed by atoms with Crippen LogP contribution in [0.25, 0.3) is 5.69 Å². The van der Waals surface area contributed by atoms with Gasteiger partial charge in [0.15, 0.2) is 0 Å². The monoisotopic (exact) mass is 303 g/mol. The Labute approximate surface area is 129 Å². The second-order valence-corrected chi connectivity index (χ2v) is 5.62. The van der Waals surface area contributed by atoms with Crippen LogP contribution in [0.15, 0.2) is 42.7 Å². The minimum absolute atomic E-state index is 0.0301. The van der Waals surface area contributed by atoms with Crippen LogP contribution in [0.5, 0.6) is 0 Å². The van der Waals surface area contributed by atoms with Gasteiger partial charge in [-0.25, -0.2) is 4.68 Å². The number of alkyl halides is 1. The zero-order valence-corrected chi connectivity index (χ0v) is 12.5. The van der Waals surface area contributed by atoms with Gasteiger partial charge in [0.1, 0.15) is 0 Å². The highest BCUT2D eigenvalue weighted by atomic mass is 35.5. The number of benzene rings is 1. The van der Waals surface area contributed by atoms with Gasteiger partial charge in [-0.3, -0.25) is 4.79 Å². The Balaban J connectivity index is 1.81. The normalized spacial score (nSPS) is 18.7. The molecule has 5 heteroatoms. The summed E-state index contributed by atoms with van der Waals surface area (Å²) in [5, 5.41) is 4.29. The predicted octanol–water partition coefficient (Wildman–Crippen LogP) is 3.11. The third kappa shape index (κ3) is 2.95.